The Kier molecular flexibility index (Phi) is 4.89. The third kappa shape index (κ3) is 4.09. The molecule has 0 unspecified atom stereocenters. The maximum atomic E-state index is 13.8. The molecule has 0 atom stereocenters. The maximum absolute atomic E-state index is 13.8. The molecule has 140 valence electrons. The zero-order valence-corrected chi connectivity index (χ0v) is 15.5. The first-order valence-electron chi connectivity index (χ1n) is 8.06. The fourth-order valence-corrected chi connectivity index (χ4v) is 3.48. The summed E-state index contributed by atoms with van der Waals surface area (Å²) in [6, 6.07) is 11.7. The van der Waals surface area contributed by atoms with Gasteiger partial charge in [-0.1, -0.05) is 12.1 Å². The van der Waals surface area contributed by atoms with E-state index in [4.69, 9.17) is 9.84 Å². The number of fused-ring (bicyclic) bond motifs is 1. The number of ether oxygens (including phenoxy) is 1. The summed E-state index contributed by atoms with van der Waals surface area (Å²) < 4.78 is 42.8. The van der Waals surface area contributed by atoms with Crippen LogP contribution in [0, 0.1) is 12.7 Å². The highest BCUT2D eigenvalue weighted by molar-refractivity contribution is 7.90. The van der Waals surface area contributed by atoms with Crippen LogP contribution in [0.4, 0.5) is 4.39 Å². The molecule has 1 N–H and O–H groups in total. The van der Waals surface area contributed by atoms with Crippen LogP contribution in [0.25, 0.3) is 10.8 Å². The number of aliphatic carboxylic acids is 1. The van der Waals surface area contributed by atoms with Crippen molar-refractivity contribution in [3.05, 3.63) is 65.5 Å². The lowest BCUT2D eigenvalue weighted by Gasteiger charge is -2.16. The zero-order valence-electron chi connectivity index (χ0n) is 14.7. The molecule has 0 saturated heterocycles. The first-order chi connectivity index (χ1) is 12.6. The topological polar surface area (TPSA) is 80.7 Å². The van der Waals surface area contributed by atoms with Gasteiger partial charge in [-0.25, -0.2) is 12.8 Å². The van der Waals surface area contributed by atoms with E-state index in [1.165, 1.54) is 36.4 Å². The number of carbonyl (C=O) groups is 1. The highest BCUT2D eigenvalue weighted by Crippen LogP contribution is 2.36. The molecule has 5 nitrogen and oxygen atoms in total. The zero-order chi connectivity index (χ0) is 19.8. The van der Waals surface area contributed by atoms with Gasteiger partial charge in [0.25, 0.3) is 0 Å². The summed E-state index contributed by atoms with van der Waals surface area (Å²) in [5, 5.41) is 10.3. The lowest BCUT2D eigenvalue weighted by atomic mass is 9.98. The Morgan fingerprint density at radius 3 is 2.37 bits per heavy atom. The fourth-order valence-electron chi connectivity index (χ4n) is 2.85. The SMILES string of the molecule is Cc1c(CC(=O)O)cc2ccc(F)cc2c1Oc1ccc(S(C)(=O)=O)cc1. The number of carboxylic acids is 1. The van der Waals surface area contributed by atoms with Crippen molar-refractivity contribution >= 4 is 26.6 Å². The van der Waals surface area contributed by atoms with Crippen LogP contribution in [-0.4, -0.2) is 25.7 Å². The molecule has 3 aromatic rings. The van der Waals surface area contributed by atoms with E-state index in [1.54, 1.807) is 19.1 Å². The lowest BCUT2D eigenvalue weighted by molar-refractivity contribution is -0.136. The molecule has 0 bridgehead atoms. The number of sulfone groups is 1. The van der Waals surface area contributed by atoms with Gasteiger partial charge < -0.3 is 9.84 Å². The lowest BCUT2D eigenvalue weighted by Crippen LogP contribution is -2.04. The number of hydrogen-bond donors (Lipinski definition) is 1. The molecule has 0 spiro atoms. The van der Waals surface area contributed by atoms with Crippen LogP contribution in [0.3, 0.4) is 0 Å². The Bertz CT molecular complexity index is 1140. The molecule has 3 rings (SSSR count). The minimum Gasteiger partial charge on any atom is -0.481 e. The Hall–Kier alpha value is -2.93. The van der Waals surface area contributed by atoms with Crippen LogP contribution < -0.4 is 4.74 Å². The first kappa shape index (κ1) is 18.8. The predicted octanol–water partition coefficient (Wildman–Crippen LogP) is 4.11. The quantitative estimate of drug-likeness (QED) is 0.711. The van der Waals surface area contributed by atoms with Crippen molar-refractivity contribution in [1.82, 2.24) is 0 Å². The third-order valence-corrected chi connectivity index (χ3v) is 5.35. The molecule has 0 aromatic heterocycles. The van der Waals surface area contributed by atoms with Gasteiger partial charge in [0, 0.05) is 11.6 Å². The Morgan fingerprint density at radius 2 is 1.78 bits per heavy atom. The Morgan fingerprint density at radius 1 is 1.11 bits per heavy atom. The van der Waals surface area contributed by atoms with Gasteiger partial charge in [0.15, 0.2) is 9.84 Å². The Balaban J connectivity index is 2.12. The molecular weight excluding hydrogens is 371 g/mol. The van der Waals surface area contributed by atoms with Crippen molar-refractivity contribution in [3.8, 4) is 11.5 Å². The molecule has 0 aliphatic rings. The van der Waals surface area contributed by atoms with Gasteiger partial charge in [-0.15, -0.1) is 0 Å². The number of hydrogen-bond acceptors (Lipinski definition) is 4. The molecule has 3 aromatic carbocycles. The minimum absolute atomic E-state index is 0.155. The number of halogens is 1. The standard InChI is InChI=1S/C20H17FO5S/c1-12-14(10-19(22)23)9-13-3-4-15(21)11-18(13)20(12)26-16-5-7-17(8-6-16)27(2,24)25/h3-9,11H,10H2,1-2H3,(H,22,23). The van der Waals surface area contributed by atoms with Gasteiger partial charge in [-0.05, 0) is 59.8 Å². The van der Waals surface area contributed by atoms with Crippen molar-refractivity contribution in [2.24, 2.45) is 0 Å². The van der Waals surface area contributed by atoms with Crippen molar-refractivity contribution in [3.63, 3.8) is 0 Å². The van der Waals surface area contributed by atoms with Gasteiger partial charge in [0.1, 0.15) is 17.3 Å². The molecule has 0 fully saturated rings. The largest absolute Gasteiger partial charge is 0.481 e. The van der Waals surface area contributed by atoms with E-state index in [-0.39, 0.29) is 11.3 Å². The number of carboxylic acid groups (broad SMARTS) is 1. The molecule has 7 heteroatoms. The van der Waals surface area contributed by atoms with Gasteiger partial charge in [-0.3, -0.25) is 4.79 Å². The summed E-state index contributed by atoms with van der Waals surface area (Å²) in [5.41, 5.74) is 1.15. The maximum Gasteiger partial charge on any atom is 0.307 e. The van der Waals surface area contributed by atoms with E-state index in [1.807, 2.05) is 0 Å². The van der Waals surface area contributed by atoms with Crippen LogP contribution in [0.5, 0.6) is 11.5 Å². The van der Waals surface area contributed by atoms with Crippen molar-refractivity contribution < 1.29 is 27.4 Å². The second kappa shape index (κ2) is 7.00. The van der Waals surface area contributed by atoms with Gasteiger partial charge >= 0.3 is 5.97 Å². The molecule has 0 radical (unpaired) electrons. The van der Waals surface area contributed by atoms with Crippen LogP contribution in [-0.2, 0) is 21.1 Å². The molecular formula is C20H17FO5S. The second-order valence-electron chi connectivity index (χ2n) is 6.27. The predicted molar refractivity (Wildman–Crippen MR) is 99.6 cm³/mol. The summed E-state index contributed by atoms with van der Waals surface area (Å²) >= 11 is 0. The average molecular weight is 388 g/mol. The smallest absolute Gasteiger partial charge is 0.307 e. The molecule has 27 heavy (non-hydrogen) atoms. The summed E-state index contributed by atoms with van der Waals surface area (Å²) in [4.78, 5) is 11.3. The molecule has 0 amide bonds. The van der Waals surface area contributed by atoms with Crippen LogP contribution in [0.2, 0.25) is 0 Å². The number of rotatable bonds is 5. The van der Waals surface area contributed by atoms with Crippen LogP contribution >= 0.6 is 0 Å². The molecule has 0 aliphatic heterocycles. The van der Waals surface area contributed by atoms with Gasteiger partial charge in [0.05, 0.1) is 11.3 Å². The van der Waals surface area contributed by atoms with Crippen molar-refractivity contribution in [2.75, 3.05) is 6.26 Å². The highest BCUT2D eigenvalue weighted by Gasteiger charge is 2.16. The summed E-state index contributed by atoms with van der Waals surface area (Å²) in [7, 11) is -3.33. The van der Waals surface area contributed by atoms with E-state index in [0.29, 0.717) is 33.4 Å². The summed E-state index contributed by atoms with van der Waals surface area (Å²) in [6.07, 6.45) is 0.918. The summed E-state index contributed by atoms with van der Waals surface area (Å²) in [5.74, 6) is -0.716. The van der Waals surface area contributed by atoms with E-state index in [9.17, 15) is 17.6 Å². The minimum atomic E-state index is -3.33. The van der Waals surface area contributed by atoms with Crippen LogP contribution in [0.15, 0.2) is 53.4 Å². The molecule has 0 heterocycles. The fraction of sp³-hybridized carbons (Fsp3) is 0.150. The van der Waals surface area contributed by atoms with Crippen molar-refractivity contribution in [2.45, 2.75) is 18.2 Å². The first-order valence-corrected chi connectivity index (χ1v) is 9.96. The van der Waals surface area contributed by atoms with E-state index in [2.05, 4.69) is 0 Å². The normalized spacial score (nSPS) is 11.5. The Labute approximate surface area is 155 Å². The van der Waals surface area contributed by atoms with E-state index in [0.717, 1.165) is 6.26 Å². The number of benzene rings is 3. The van der Waals surface area contributed by atoms with Gasteiger partial charge in [-0.2, -0.15) is 0 Å². The summed E-state index contributed by atoms with van der Waals surface area (Å²) in [6.45, 7) is 1.71. The van der Waals surface area contributed by atoms with Crippen LogP contribution in [0.1, 0.15) is 11.1 Å². The highest BCUT2D eigenvalue weighted by atomic mass is 32.2. The van der Waals surface area contributed by atoms with Gasteiger partial charge in [0.2, 0.25) is 0 Å². The van der Waals surface area contributed by atoms with E-state index >= 15 is 0 Å². The third-order valence-electron chi connectivity index (χ3n) is 4.23. The average Bonchev–Trinajstić information content (AvgIpc) is 2.58. The monoisotopic (exact) mass is 388 g/mol. The molecule has 0 saturated carbocycles. The second-order valence-corrected chi connectivity index (χ2v) is 8.29. The van der Waals surface area contributed by atoms with E-state index < -0.39 is 21.6 Å². The van der Waals surface area contributed by atoms with Crippen molar-refractivity contribution in [1.29, 1.82) is 0 Å². The molecule has 0 aliphatic carbocycles.